The Hall–Kier alpha value is -0.840. The first-order valence-corrected chi connectivity index (χ1v) is 8.70. The molecule has 1 saturated carbocycles. The lowest BCUT2D eigenvalue weighted by Crippen LogP contribution is -2.33. The van der Waals surface area contributed by atoms with Gasteiger partial charge in [0.05, 0.1) is 16.7 Å². The zero-order valence-corrected chi connectivity index (χ0v) is 14.2. The molecule has 1 heterocycles. The van der Waals surface area contributed by atoms with Crippen molar-refractivity contribution in [2.24, 2.45) is 17.6 Å². The molecule has 22 heavy (non-hydrogen) atoms. The van der Waals surface area contributed by atoms with Gasteiger partial charge in [0.1, 0.15) is 4.90 Å². The van der Waals surface area contributed by atoms with Crippen LogP contribution in [-0.2, 0) is 10.0 Å². The molecular formula is C14H17Cl2N3O2S. The van der Waals surface area contributed by atoms with E-state index >= 15 is 0 Å². The number of benzene rings is 1. The van der Waals surface area contributed by atoms with Gasteiger partial charge in [0.25, 0.3) is 0 Å². The van der Waals surface area contributed by atoms with Crippen molar-refractivity contribution in [1.29, 1.82) is 5.26 Å². The SMILES string of the molecule is Cl.N#Cc1ccc(S(=O)(=O)N2CC3CCC(N)C3C2)c(Cl)c1. The van der Waals surface area contributed by atoms with Crippen molar-refractivity contribution in [3.63, 3.8) is 0 Å². The Morgan fingerprint density at radius 2 is 2.05 bits per heavy atom. The highest BCUT2D eigenvalue weighted by molar-refractivity contribution is 7.89. The van der Waals surface area contributed by atoms with Gasteiger partial charge in [-0.3, -0.25) is 0 Å². The molecule has 1 aliphatic heterocycles. The number of nitrogens with two attached hydrogens (primary N) is 1. The van der Waals surface area contributed by atoms with Crippen molar-refractivity contribution in [1.82, 2.24) is 4.31 Å². The molecule has 1 aromatic carbocycles. The van der Waals surface area contributed by atoms with Crippen LogP contribution in [0.3, 0.4) is 0 Å². The van der Waals surface area contributed by atoms with Crippen LogP contribution in [-0.4, -0.2) is 31.9 Å². The minimum absolute atomic E-state index is 0. The third kappa shape index (κ3) is 2.84. The van der Waals surface area contributed by atoms with Gasteiger partial charge in [0.15, 0.2) is 0 Å². The Balaban J connectivity index is 0.00000176. The number of nitriles is 1. The Morgan fingerprint density at radius 3 is 2.64 bits per heavy atom. The van der Waals surface area contributed by atoms with Crippen molar-refractivity contribution in [2.45, 2.75) is 23.8 Å². The predicted octanol–water partition coefficient (Wildman–Crippen LogP) is 1.99. The second-order valence-corrected chi connectivity index (χ2v) is 8.06. The molecule has 8 heteroatoms. The van der Waals surface area contributed by atoms with Gasteiger partial charge in [-0.15, -0.1) is 12.4 Å². The van der Waals surface area contributed by atoms with Crippen molar-refractivity contribution in [3.8, 4) is 6.07 Å². The highest BCUT2D eigenvalue weighted by Gasteiger charge is 2.45. The van der Waals surface area contributed by atoms with E-state index in [1.54, 1.807) is 0 Å². The fourth-order valence-electron chi connectivity index (χ4n) is 3.38. The maximum Gasteiger partial charge on any atom is 0.244 e. The van der Waals surface area contributed by atoms with Gasteiger partial charge in [-0.25, -0.2) is 8.42 Å². The molecule has 3 atom stereocenters. The smallest absolute Gasteiger partial charge is 0.244 e. The summed E-state index contributed by atoms with van der Waals surface area (Å²) in [6.07, 6.45) is 1.96. The van der Waals surface area contributed by atoms with Crippen LogP contribution in [0.1, 0.15) is 18.4 Å². The Labute approximate surface area is 141 Å². The summed E-state index contributed by atoms with van der Waals surface area (Å²) in [5.74, 6) is 0.601. The number of hydrogen-bond acceptors (Lipinski definition) is 4. The second kappa shape index (κ2) is 6.34. The quantitative estimate of drug-likeness (QED) is 0.872. The molecule has 0 aromatic heterocycles. The van der Waals surface area contributed by atoms with E-state index in [4.69, 9.17) is 22.6 Å². The topological polar surface area (TPSA) is 87.2 Å². The summed E-state index contributed by atoms with van der Waals surface area (Å²) in [7, 11) is -3.62. The molecule has 3 rings (SSSR count). The van der Waals surface area contributed by atoms with Crippen LogP contribution >= 0.6 is 24.0 Å². The lowest BCUT2D eigenvalue weighted by atomic mass is 9.98. The van der Waals surface area contributed by atoms with E-state index in [0.717, 1.165) is 12.8 Å². The highest BCUT2D eigenvalue weighted by atomic mass is 35.5. The van der Waals surface area contributed by atoms with Crippen molar-refractivity contribution >= 4 is 34.0 Å². The molecule has 120 valence electrons. The standard InChI is InChI=1S/C14H16ClN3O2S.ClH/c15-12-5-9(6-16)1-4-14(12)21(19,20)18-7-10-2-3-13(17)11(10)8-18;/h1,4-5,10-11,13H,2-3,7-8,17H2;1H. The third-order valence-corrected chi connectivity index (χ3v) is 6.87. The van der Waals surface area contributed by atoms with Crippen molar-refractivity contribution in [2.75, 3.05) is 13.1 Å². The van der Waals surface area contributed by atoms with E-state index in [0.29, 0.717) is 24.6 Å². The fraction of sp³-hybridized carbons (Fsp3) is 0.500. The summed E-state index contributed by atoms with van der Waals surface area (Å²) in [4.78, 5) is 0.0664. The molecule has 1 aliphatic carbocycles. The van der Waals surface area contributed by atoms with Gasteiger partial charge < -0.3 is 5.73 Å². The van der Waals surface area contributed by atoms with Gasteiger partial charge in [-0.1, -0.05) is 11.6 Å². The van der Waals surface area contributed by atoms with E-state index in [1.165, 1.54) is 22.5 Å². The Morgan fingerprint density at radius 1 is 1.32 bits per heavy atom. The van der Waals surface area contributed by atoms with Gasteiger partial charge in [-0.2, -0.15) is 9.57 Å². The monoisotopic (exact) mass is 361 g/mol. The van der Waals surface area contributed by atoms with Crippen LogP contribution in [0.5, 0.6) is 0 Å². The van der Waals surface area contributed by atoms with Gasteiger partial charge in [0.2, 0.25) is 10.0 Å². The fourth-order valence-corrected chi connectivity index (χ4v) is 5.43. The van der Waals surface area contributed by atoms with Crippen LogP contribution in [0, 0.1) is 23.2 Å². The average Bonchev–Trinajstić information content (AvgIpc) is 3.01. The lowest BCUT2D eigenvalue weighted by molar-refractivity contribution is 0.427. The Kier molecular flexibility index (Phi) is 5.05. The average molecular weight is 362 g/mol. The molecule has 1 saturated heterocycles. The van der Waals surface area contributed by atoms with E-state index in [-0.39, 0.29) is 34.3 Å². The van der Waals surface area contributed by atoms with Crippen LogP contribution in [0.25, 0.3) is 0 Å². The molecule has 0 amide bonds. The number of hydrogen-bond donors (Lipinski definition) is 1. The van der Waals surface area contributed by atoms with Crippen LogP contribution in [0.15, 0.2) is 23.1 Å². The summed E-state index contributed by atoms with van der Waals surface area (Å²) in [5, 5.41) is 8.92. The minimum atomic E-state index is -3.62. The van der Waals surface area contributed by atoms with Crippen molar-refractivity contribution in [3.05, 3.63) is 28.8 Å². The molecule has 2 fully saturated rings. The molecule has 0 bridgehead atoms. The normalized spacial score (nSPS) is 28.0. The predicted molar refractivity (Wildman–Crippen MR) is 86.4 cm³/mol. The lowest BCUT2D eigenvalue weighted by Gasteiger charge is -2.19. The summed E-state index contributed by atoms with van der Waals surface area (Å²) < 4.78 is 26.9. The zero-order chi connectivity index (χ0) is 15.2. The number of fused-ring (bicyclic) bond motifs is 1. The van der Waals surface area contributed by atoms with Gasteiger partial charge in [-0.05, 0) is 42.9 Å². The zero-order valence-electron chi connectivity index (χ0n) is 11.8. The number of nitrogens with zero attached hydrogens (tertiary/aromatic N) is 2. The maximum atomic E-state index is 12.7. The van der Waals surface area contributed by atoms with Crippen LogP contribution in [0.2, 0.25) is 5.02 Å². The summed E-state index contributed by atoms with van der Waals surface area (Å²) in [6.45, 7) is 0.974. The first-order chi connectivity index (χ1) is 9.93. The summed E-state index contributed by atoms with van der Waals surface area (Å²) in [5.41, 5.74) is 6.39. The number of halogens is 2. The molecule has 0 radical (unpaired) electrons. The number of sulfonamides is 1. The molecule has 0 spiro atoms. The largest absolute Gasteiger partial charge is 0.327 e. The van der Waals surface area contributed by atoms with E-state index in [9.17, 15) is 8.42 Å². The second-order valence-electron chi connectivity index (χ2n) is 5.74. The molecule has 3 unspecified atom stereocenters. The summed E-state index contributed by atoms with van der Waals surface area (Å²) in [6, 6.07) is 6.30. The molecule has 2 aliphatic rings. The highest BCUT2D eigenvalue weighted by Crippen LogP contribution is 2.40. The first-order valence-electron chi connectivity index (χ1n) is 6.89. The molecule has 5 nitrogen and oxygen atoms in total. The van der Waals surface area contributed by atoms with Gasteiger partial charge in [0, 0.05) is 19.1 Å². The van der Waals surface area contributed by atoms with Crippen LogP contribution in [0.4, 0.5) is 0 Å². The molecule has 2 N–H and O–H groups in total. The maximum absolute atomic E-state index is 12.7. The van der Waals surface area contributed by atoms with Crippen molar-refractivity contribution < 1.29 is 8.42 Å². The van der Waals surface area contributed by atoms with E-state index in [1.807, 2.05) is 6.07 Å². The Bertz CT molecular complexity index is 717. The first kappa shape index (κ1) is 17.5. The minimum Gasteiger partial charge on any atom is -0.327 e. The van der Waals surface area contributed by atoms with Gasteiger partial charge >= 0.3 is 0 Å². The number of rotatable bonds is 2. The third-order valence-electron chi connectivity index (χ3n) is 4.56. The van der Waals surface area contributed by atoms with E-state index < -0.39 is 10.0 Å². The summed E-state index contributed by atoms with van der Waals surface area (Å²) >= 11 is 6.04. The molecule has 1 aromatic rings. The van der Waals surface area contributed by atoms with Crippen LogP contribution < -0.4 is 5.73 Å². The molecular weight excluding hydrogens is 345 g/mol. The van der Waals surface area contributed by atoms with E-state index in [2.05, 4.69) is 0 Å².